The first-order valence-corrected chi connectivity index (χ1v) is 4.77. The molecule has 82 valence electrons. The van der Waals surface area contributed by atoms with Crippen LogP contribution in [0.1, 0.15) is 17.7 Å². The average molecular weight is 279 g/mol. The van der Waals surface area contributed by atoms with Gasteiger partial charge in [0, 0.05) is 5.69 Å². The fourth-order valence-corrected chi connectivity index (χ4v) is 1.41. The van der Waals surface area contributed by atoms with Crippen LogP contribution in [0.2, 0.25) is 0 Å². The van der Waals surface area contributed by atoms with Crippen molar-refractivity contribution in [2.24, 2.45) is 0 Å². The molecule has 1 aromatic heterocycles. The van der Waals surface area contributed by atoms with Gasteiger partial charge in [-0.25, -0.2) is 14.0 Å². The Labute approximate surface area is 92.7 Å². The normalized spacial score (nSPS) is 12.5. The van der Waals surface area contributed by atoms with E-state index in [1.165, 1.54) is 6.92 Å². The predicted octanol–water partition coefficient (Wildman–Crippen LogP) is 1.18. The van der Waals surface area contributed by atoms with Gasteiger partial charge in [0.2, 0.25) is 0 Å². The number of hydrogen-bond acceptors (Lipinski definition) is 3. The van der Waals surface area contributed by atoms with Crippen LogP contribution >= 0.6 is 15.9 Å². The topological polar surface area (TPSA) is 72.2 Å². The minimum atomic E-state index is -2.41. The summed E-state index contributed by atoms with van der Waals surface area (Å²) in [4.78, 5) is 25.2. The van der Waals surface area contributed by atoms with Gasteiger partial charge in [0.1, 0.15) is 0 Å². The molecule has 1 unspecified atom stereocenters. The number of rotatable bonds is 2. The minimum absolute atomic E-state index is 0.197. The van der Waals surface area contributed by atoms with E-state index in [9.17, 15) is 14.0 Å². The van der Waals surface area contributed by atoms with Gasteiger partial charge < -0.3 is 5.11 Å². The zero-order valence-electron chi connectivity index (χ0n) is 7.99. The molecule has 0 saturated heterocycles. The van der Waals surface area contributed by atoms with Crippen molar-refractivity contribution in [1.82, 2.24) is 9.55 Å². The maximum Gasteiger partial charge on any atom is 0.360 e. The second kappa shape index (κ2) is 4.09. The second-order valence-corrected chi connectivity index (χ2v) is 3.72. The van der Waals surface area contributed by atoms with Gasteiger partial charge in [-0.1, -0.05) is 0 Å². The van der Waals surface area contributed by atoms with E-state index in [2.05, 4.69) is 20.9 Å². The van der Waals surface area contributed by atoms with E-state index in [0.717, 1.165) is 0 Å². The molecule has 1 rings (SSSR count). The SMILES string of the molecule is Cc1nc(=O)n(C(F)C(=O)O)c(C)c1Br. The van der Waals surface area contributed by atoms with Crippen LogP contribution in [0, 0.1) is 13.8 Å². The van der Waals surface area contributed by atoms with E-state index in [1.807, 2.05) is 0 Å². The predicted molar refractivity (Wildman–Crippen MR) is 53.5 cm³/mol. The molecule has 0 spiro atoms. The van der Waals surface area contributed by atoms with Crippen molar-refractivity contribution in [3.8, 4) is 0 Å². The second-order valence-electron chi connectivity index (χ2n) is 2.92. The Balaban J connectivity index is 3.49. The molecule has 0 aliphatic carbocycles. The number of aryl methyl sites for hydroxylation is 1. The van der Waals surface area contributed by atoms with Gasteiger partial charge in [0.05, 0.1) is 10.2 Å². The molecule has 0 saturated carbocycles. The number of alkyl halides is 1. The first-order chi connectivity index (χ1) is 6.86. The number of hydrogen-bond donors (Lipinski definition) is 1. The Morgan fingerprint density at radius 1 is 1.60 bits per heavy atom. The molecule has 5 nitrogen and oxygen atoms in total. The number of aliphatic carboxylic acids is 1. The summed E-state index contributed by atoms with van der Waals surface area (Å²) < 4.78 is 14.1. The number of carboxylic acids is 1. The van der Waals surface area contributed by atoms with Crippen molar-refractivity contribution in [3.05, 3.63) is 26.3 Å². The highest BCUT2D eigenvalue weighted by atomic mass is 79.9. The third kappa shape index (κ3) is 2.06. The lowest BCUT2D eigenvalue weighted by molar-refractivity contribution is -0.146. The van der Waals surface area contributed by atoms with Crippen LogP contribution in [-0.2, 0) is 4.79 Å². The third-order valence-corrected chi connectivity index (χ3v) is 3.04. The monoisotopic (exact) mass is 278 g/mol. The summed E-state index contributed by atoms with van der Waals surface area (Å²) in [5.41, 5.74) is -0.322. The van der Waals surface area contributed by atoms with E-state index < -0.39 is 18.0 Å². The van der Waals surface area contributed by atoms with Gasteiger partial charge in [-0.15, -0.1) is 0 Å². The van der Waals surface area contributed by atoms with Gasteiger partial charge >= 0.3 is 11.7 Å². The maximum atomic E-state index is 13.2. The van der Waals surface area contributed by atoms with Crippen molar-refractivity contribution in [2.45, 2.75) is 20.1 Å². The van der Waals surface area contributed by atoms with Crippen LogP contribution in [0.5, 0.6) is 0 Å². The summed E-state index contributed by atoms with van der Waals surface area (Å²) in [7, 11) is 0. The van der Waals surface area contributed by atoms with E-state index in [4.69, 9.17) is 5.11 Å². The lowest BCUT2D eigenvalue weighted by Crippen LogP contribution is -2.31. The van der Waals surface area contributed by atoms with Crippen molar-refractivity contribution in [2.75, 3.05) is 0 Å². The molecule has 0 aliphatic heterocycles. The lowest BCUT2D eigenvalue weighted by Gasteiger charge is -2.12. The molecule has 0 fully saturated rings. The smallest absolute Gasteiger partial charge is 0.360 e. The molecule has 0 radical (unpaired) electrons. The van der Waals surface area contributed by atoms with Gasteiger partial charge in [0.15, 0.2) is 0 Å². The van der Waals surface area contributed by atoms with Crippen LogP contribution in [0.15, 0.2) is 9.27 Å². The van der Waals surface area contributed by atoms with Gasteiger partial charge in [0.25, 0.3) is 6.30 Å². The molecule has 1 N–H and O–H groups in total. The zero-order valence-corrected chi connectivity index (χ0v) is 9.58. The molecule has 15 heavy (non-hydrogen) atoms. The first kappa shape index (κ1) is 11.8. The fourth-order valence-electron chi connectivity index (χ4n) is 1.13. The summed E-state index contributed by atoms with van der Waals surface area (Å²) in [6.45, 7) is 3.01. The molecule has 0 bridgehead atoms. The lowest BCUT2D eigenvalue weighted by atomic mass is 10.3. The van der Waals surface area contributed by atoms with Crippen LogP contribution < -0.4 is 5.69 Å². The van der Waals surface area contributed by atoms with E-state index >= 15 is 0 Å². The third-order valence-electron chi connectivity index (χ3n) is 1.90. The first-order valence-electron chi connectivity index (χ1n) is 3.98. The van der Waals surface area contributed by atoms with Crippen molar-refractivity contribution >= 4 is 21.9 Å². The Morgan fingerprint density at radius 3 is 2.60 bits per heavy atom. The Kier molecular flexibility index (Phi) is 3.23. The Morgan fingerprint density at radius 2 is 2.13 bits per heavy atom. The van der Waals surface area contributed by atoms with Gasteiger partial charge in [-0.2, -0.15) is 4.98 Å². The quantitative estimate of drug-likeness (QED) is 0.882. The van der Waals surface area contributed by atoms with Crippen molar-refractivity contribution in [3.63, 3.8) is 0 Å². The molecule has 1 aromatic rings. The van der Waals surface area contributed by atoms with Crippen LogP contribution in [0.3, 0.4) is 0 Å². The average Bonchev–Trinajstić information content (AvgIpc) is 2.14. The van der Waals surface area contributed by atoms with Crippen molar-refractivity contribution in [1.29, 1.82) is 0 Å². The number of carboxylic acid groups (broad SMARTS) is 1. The summed E-state index contributed by atoms with van der Waals surface area (Å²) in [5.74, 6) is -1.72. The zero-order chi connectivity index (χ0) is 11.7. The van der Waals surface area contributed by atoms with Crippen LogP contribution in [-0.4, -0.2) is 20.6 Å². The number of nitrogens with zero attached hydrogens (tertiary/aromatic N) is 2. The molecular formula is C8H8BrFN2O3. The highest BCUT2D eigenvalue weighted by molar-refractivity contribution is 9.10. The standard InChI is InChI=1S/C8H8BrFN2O3/c1-3-5(9)4(2)12(8(15)11-3)6(10)7(13)14/h6H,1-2H3,(H,13,14). The van der Waals surface area contributed by atoms with Crippen LogP contribution in [0.4, 0.5) is 4.39 Å². The number of aromatic nitrogens is 2. The number of halogens is 2. The molecule has 1 heterocycles. The van der Waals surface area contributed by atoms with Gasteiger partial charge in [-0.3, -0.25) is 4.57 Å². The Bertz CT molecular complexity index is 472. The molecule has 0 aromatic carbocycles. The summed E-state index contributed by atoms with van der Waals surface area (Å²) in [6, 6.07) is 0. The van der Waals surface area contributed by atoms with E-state index in [0.29, 0.717) is 14.7 Å². The molecular weight excluding hydrogens is 271 g/mol. The fraction of sp³-hybridized carbons (Fsp3) is 0.375. The maximum absolute atomic E-state index is 13.2. The molecule has 1 atom stereocenters. The molecule has 0 aliphatic rings. The summed E-state index contributed by atoms with van der Waals surface area (Å²) in [6.07, 6.45) is -2.41. The highest BCUT2D eigenvalue weighted by Crippen LogP contribution is 2.19. The van der Waals surface area contributed by atoms with Crippen LogP contribution in [0.25, 0.3) is 0 Å². The molecule has 0 amide bonds. The largest absolute Gasteiger partial charge is 0.478 e. The van der Waals surface area contributed by atoms with E-state index in [-0.39, 0.29) is 5.69 Å². The van der Waals surface area contributed by atoms with Crippen molar-refractivity contribution < 1.29 is 14.3 Å². The molecule has 7 heteroatoms. The highest BCUT2D eigenvalue weighted by Gasteiger charge is 2.23. The number of carbonyl (C=O) groups is 1. The minimum Gasteiger partial charge on any atom is -0.478 e. The summed E-state index contributed by atoms with van der Waals surface area (Å²) in [5, 5.41) is 8.47. The van der Waals surface area contributed by atoms with E-state index in [1.54, 1.807) is 6.92 Å². The summed E-state index contributed by atoms with van der Waals surface area (Å²) >= 11 is 3.10. The Hall–Kier alpha value is -1.24. The van der Waals surface area contributed by atoms with Gasteiger partial charge in [-0.05, 0) is 29.8 Å².